The summed E-state index contributed by atoms with van der Waals surface area (Å²) in [4.78, 5) is 12.3. The Morgan fingerprint density at radius 3 is 2.58 bits per heavy atom. The Hall–Kier alpha value is -1.48. The molecule has 0 aromatic heterocycles. The molecule has 0 N–H and O–H groups in total. The molecular weight excluding hydrogens is 256 g/mol. The summed E-state index contributed by atoms with van der Waals surface area (Å²) in [6.45, 7) is 2.11. The number of fused-ring (bicyclic) bond motifs is 1. The van der Waals surface area contributed by atoms with Gasteiger partial charge in [0, 0.05) is 23.1 Å². The molecule has 0 radical (unpaired) electrons. The van der Waals surface area contributed by atoms with Crippen molar-refractivity contribution in [3.05, 3.63) is 42.0 Å². The Morgan fingerprint density at radius 1 is 1.16 bits per heavy atom. The molecule has 2 nitrogen and oxygen atoms in total. The second kappa shape index (κ2) is 6.62. The monoisotopic (exact) mass is 274 g/mol. The zero-order valence-electron chi connectivity index (χ0n) is 11.3. The van der Waals surface area contributed by atoms with Crippen LogP contribution in [0.4, 0.5) is 0 Å². The Balaban J connectivity index is 2.36. The van der Waals surface area contributed by atoms with Gasteiger partial charge in [0.15, 0.2) is 5.78 Å². The van der Waals surface area contributed by atoms with E-state index in [1.54, 1.807) is 18.9 Å². The molecule has 2 aromatic carbocycles. The van der Waals surface area contributed by atoms with Gasteiger partial charge in [-0.15, -0.1) is 0 Å². The molecule has 0 spiro atoms. The molecule has 0 aliphatic heterocycles. The van der Waals surface area contributed by atoms with Crippen molar-refractivity contribution in [2.75, 3.05) is 18.6 Å². The second-order valence-corrected chi connectivity index (χ2v) is 5.62. The van der Waals surface area contributed by atoms with E-state index in [-0.39, 0.29) is 5.78 Å². The average molecular weight is 274 g/mol. The second-order valence-electron chi connectivity index (χ2n) is 4.23. The molecule has 0 saturated heterocycles. The number of carbonyl (C=O) groups is 1. The summed E-state index contributed by atoms with van der Waals surface area (Å²) < 4.78 is 5.35. The standard InChI is InChI=1S/C16H18O2S/c1-3-19-11-10-15(17)13-8-9-16(18-2)14-7-5-4-6-12(13)14/h4-9H,3,10-11H2,1-2H3. The van der Waals surface area contributed by atoms with Crippen LogP contribution in [0.1, 0.15) is 23.7 Å². The highest BCUT2D eigenvalue weighted by molar-refractivity contribution is 7.99. The van der Waals surface area contributed by atoms with Gasteiger partial charge in [-0.1, -0.05) is 31.2 Å². The van der Waals surface area contributed by atoms with Crippen LogP contribution in [0.25, 0.3) is 10.8 Å². The van der Waals surface area contributed by atoms with Crippen LogP contribution < -0.4 is 4.74 Å². The molecule has 0 atom stereocenters. The molecule has 0 unspecified atom stereocenters. The van der Waals surface area contributed by atoms with Crippen molar-refractivity contribution < 1.29 is 9.53 Å². The van der Waals surface area contributed by atoms with E-state index in [9.17, 15) is 4.79 Å². The number of methoxy groups -OCH3 is 1. The third-order valence-corrected chi connectivity index (χ3v) is 3.98. The number of rotatable bonds is 6. The highest BCUT2D eigenvalue weighted by Crippen LogP contribution is 2.29. The van der Waals surface area contributed by atoms with Crippen molar-refractivity contribution in [2.45, 2.75) is 13.3 Å². The Bertz CT molecular complexity index is 578. The maximum atomic E-state index is 12.3. The molecule has 100 valence electrons. The summed E-state index contributed by atoms with van der Waals surface area (Å²) in [7, 11) is 1.65. The number of Topliss-reactive ketones (excluding diaryl/α,β-unsaturated/α-hetero) is 1. The van der Waals surface area contributed by atoms with Crippen LogP contribution in [-0.2, 0) is 0 Å². The average Bonchev–Trinajstić information content (AvgIpc) is 2.46. The summed E-state index contributed by atoms with van der Waals surface area (Å²) in [6.07, 6.45) is 0.592. The summed E-state index contributed by atoms with van der Waals surface area (Å²) in [5.41, 5.74) is 0.799. The Morgan fingerprint density at radius 2 is 1.89 bits per heavy atom. The highest BCUT2D eigenvalue weighted by Gasteiger charge is 2.12. The lowest BCUT2D eigenvalue weighted by Gasteiger charge is -2.09. The molecule has 0 amide bonds. The van der Waals surface area contributed by atoms with Gasteiger partial charge in [-0.2, -0.15) is 11.8 Å². The summed E-state index contributed by atoms with van der Waals surface area (Å²) in [6, 6.07) is 11.7. The topological polar surface area (TPSA) is 26.3 Å². The highest BCUT2D eigenvalue weighted by atomic mass is 32.2. The lowest BCUT2D eigenvalue weighted by molar-refractivity contribution is 0.0991. The van der Waals surface area contributed by atoms with Crippen LogP contribution in [0, 0.1) is 0 Å². The predicted molar refractivity (Wildman–Crippen MR) is 82.4 cm³/mol. The van der Waals surface area contributed by atoms with E-state index < -0.39 is 0 Å². The van der Waals surface area contributed by atoms with E-state index in [1.165, 1.54) is 0 Å². The van der Waals surface area contributed by atoms with Crippen LogP contribution in [0.3, 0.4) is 0 Å². The fraction of sp³-hybridized carbons (Fsp3) is 0.312. The van der Waals surface area contributed by atoms with Crippen molar-refractivity contribution >= 4 is 28.3 Å². The normalized spacial score (nSPS) is 10.6. The van der Waals surface area contributed by atoms with E-state index in [1.807, 2.05) is 36.4 Å². The number of ketones is 1. The van der Waals surface area contributed by atoms with E-state index >= 15 is 0 Å². The third kappa shape index (κ3) is 3.10. The molecule has 2 aromatic rings. The number of ether oxygens (including phenoxy) is 1. The van der Waals surface area contributed by atoms with Crippen molar-refractivity contribution in [3.8, 4) is 5.75 Å². The Labute approximate surface area is 118 Å². The zero-order chi connectivity index (χ0) is 13.7. The van der Waals surface area contributed by atoms with Crippen molar-refractivity contribution in [2.24, 2.45) is 0 Å². The number of carbonyl (C=O) groups excluding carboxylic acids is 1. The Kier molecular flexibility index (Phi) is 4.86. The van der Waals surface area contributed by atoms with E-state index in [2.05, 4.69) is 6.92 Å². The van der Waals surface area contributed by atoms with Gasteiger partial charge in [-0.25, -0.2) is 0 Å². The molecule has 0 aliphatic carbocycles. The molecule has 0 saturated carbocycles. The van der Waals surface area contributed by atoms with Crippen LogP contribution >= 0.6 is 11.8 Å². The van der Waals surface area contributed by atoms with Crippen LogP contribution in [-0.4, -0.2) is 24.4 Å². The van der Waals surface area contributed by atoms with Crippen LogP contribution in [0.5, 0.6) is 5.75 Å². The number of benzene rings is 2. The lowest BCUT2D eigenvalue weighted by Crippen LogP contribution is -2.02. The first-order valence-electron chi connectivity index (χ1n) is 6.44. The van der Waals surface area contributed by atoms with Gasteiger partial charge in [-0.3, -0.25) is 4.79 Å². The molecule has 0 aliphatic rings. The SMILES string of the molecule is CCSCCC(=O)c1ccc(OC)c2ccccc12. The fourth-order valence-electron chi connectivity index (χ4n) is 2.14. The van der Waals surface area contributed by atoms with Gasteiger partial charge < -0.3 is 4.74 Å². The van der Waals surface area contributed by atoms with Gasteiger partial charge in [0.25, 0.3) is 0 Å². The lowest BCUT2D eigenvalue weighted by atomic mass is 9.99. The molecule has 19 heavy (non-hydrogen) atoms. The molecule has 3 heteroatoms. The summed E-state index contributed by atoms with van der Waals surface area (Å²) in [5, 5.41) is 1.98. The first kappa shape index (κ1) is 13.9. The summed E-state index contributed by atoms with van der Waals surface area (Å²) in [5.74, 6) is 2.96. The zero-order valence-corrected chi connectivity index (χ0v) is 12.1. The van der Waals surface area contributed by atoms with E-state index in [4.69, 9.17) is 4.74 Å². The van der Waals surface area contributed by atoms with Crippen molar-refractivity contribution in [1.82, 2.24) is 0 Å². The minimum Gasteiger partial charge on any atom is -0.496 e. The number of hydrogen-bond acceptors (Lipinski definition) is 3. The van der Waals surface area contributed by atoms with Gasteiger partial charge in [-0.05, 0) is 23.3 Å². The first-order chi connectivity index (χ1) is 9.27. The summed E-state index contributed by atoms with van der Waals surface area (Å²) >= 11 is 1.80. The largest absolute Gasteiger partial charge is 0.496 e. The molecule has 2 rings (SSSR count). The third-order valence-electron chi connectivity index (χ3n) is 3.08. The molecule has 0 bridgehead atoms. The van der Waals surface area contributed by atoms with Gasteiger partial charge in [0.2, 0.25) is 0 Å². The van der Waals surface area contributed by atoms with E-state index in [0.717, 1.165) is 33.6 Å². The van der Waals surface area contributed by atoms with Gasteiger partial charge in [0.1, 0.15) is 5.75 Å². The smallest absolute Gasteiger partial charge is 0.164 e. The maximum absolute atomic E-state index is 12.3. The number of hydrogen-bond donors (Lipinski definition) is 0. The predicted octanol–water partition coefficient (Wildman–Crippen LogP) is 4.17. The van der Waals surface area contributed by atoms with Gasteiger partial charge in [0.05, 0.1) is 7.11 Å². The van der Waals surface area contributed by atoms with Crippen LogP contribution in [0.15, 0.2) is 36.4 Å². The fourth-order valence-corrected chi connectivity index (χ4v) is 2.75. The maximum Gasteiger partial charge on any atom is 0.164 e. The van der Waals surface area contributed by atoms with Crippen molar-refractivity contribution in [3.63, 3.8) is 0 Å². The number of thioether (sulfide) groups is 1. The first-order valence-corrected chi connectivity index (χ1v) is 7.60. The quantitative estimate of drug-likeness (QED) is 0.584. The minimum atomic E-state index is 0.208. The van der Waals surface area contributed by atoms with Gasteiger partial charge >= 0.3 is 0 Å². The molecule has 0 fully saturated rings. The van der Waals surface area contributed by atoms with Crippen LogP contribution in [0.2, 0.25) is 0 Å². The molecule has 0 heterocycles. The molecular formula is C16H18O2S. The minimum absolute atomic E-state index is 0.208. The van der Waals surface area contributed by atoms with E-state index in [0.29, 0.717) is 6.42 Å². The van der Waals surface area contributed by atoms with Crippen molar-refractivity contribution in [1.29, 1.82) is 0 Å².